The van der Waals surface area contributed by atoms with Gasteiger partial charge in [-0.2, -0.15) is 0 Å². The number of fused-ring (bicyclic) bond motifs is 2. The smallest absolute Gasteiger partial charge is 0.330 e. The number of aromatic amines is 1. The number of aryl methyl sites for hydroxylation is 1. The predicted octanol–water partition coefficient (Wildman–Crippen LogP) is -0.827. The lowest BCUT2D eigenvalue weighted by molar-refractivity contribution is -0.191. The molecule has 2 aliphatic rings. The Labute approximate surface area is 120 Å². The molecule has 0 aliphatic carbocycles. The molecule has 8 heteroatoms. The number of hydrogen-bond acceptors (Lipinski definition) is 6. The van der Waals surface area contributed by atoms with Crippen LogP contribution in [0.15, 0.2) is 15.8 Å². The lowest BCUT2D eigenvalue weighted by atomic mass is 10.0. The van der Waals surface area contributed by atoms with Gasteiger partial charge in [-0.3, -0.25) is 14.3 Å². The highest BCUT2D eigenvalue weighted by Gasteiger charge is 2.62. The van der Waals surface area contributed by atoms with E-state index in [0.717, 1.165) is 0 Å². The largest absolute Gasteiger partial charge is 0.381 e. The minimum absolute atomic E-state index is 0.301. The molecule has 0 amide bonds. The second-order valence-electron chi connectivity index (χ2n) is 5.42. The van der Waals surface area contributed by atoms with Gasteiger partial charge in [-0.25, -0.2) is 4.79 Å². The molecule has 1 aromatic heterocycles. The van der Waals surface area contributed by atoms with Crippen molar-refractivity contribution in [2.75, 3.05) is 27.4 Å². The molecule has 0 spiro atoms. The van der Waals surface area contributed by atoms with Crippen LogP contribution in [0, 0.1) is 6.92 Å². The van der Waals surface area contributed by atoms with Crippen LogP contribution in [0.5, 0.6) is 0 Å². The number of ether oxygens (including phenoxy) is 4. The average Bonchev–Trinajstić information content (AvgIpc) is 2.94. The van der Waals surface area contributed by atoms with E-state index in [1.807, 2.05) is 0 Å². The van der Waals surface area contributed by atoms with E-state index >= 15 is 0 Å². The first-order valence-electron chi connectivity index (χ1n) is 6.65. The van der Waals surface area contributed by atoms with Gasteiger partial charge >= 0.3 is 5.69 Å². The highest BCUT2D eigenvalue weighted by Crippen LogP contribution is 2.45. The highest BCUT2D eigenvalue weighted by atomic mass is 16.7. The van der Waals surface area contributed by atoms with Crippen molar-refractivity contribution in [3.63, 3.8) is 0 Å². The molecule has 8 nitrogen and oxygen atoms in total. The Morgan fingerprint density at radius 3 is 2.90 bits per heavy atom. The number of hydrogen-bond donors (Lipinski definition) is 1. The second kappa shape index (κ2) is 5.06. The zero-order valence-electron chi connectivity index (χ0n) is 12.1. The summed E-state index contributed by atoms with van der Waals surface area (Å²) < 4.78 is 23.8. The van der Waals surface area contributed by atoms with Crippen LogP contribution < -0.4 is 11.2 Å². The molecule has 21 heavy (non-hydrogen) atoms. The van der Waals surface area contributed by atoms with Crippen molar-refractivity contribution < 1.29 is 18.9 Å². The molecule has 2 fully saturated rings. The zero-order valence-corrected chi connectivity index (χ0v) is 12.1. The fourth-order valence-electron chi connectivity index (χ4n) is 3.09. The number of H-pyrrole nitrogens is 1. The fraction of sp³-hybridized carbons (Fsp3) is 0.692. The number of rotatable bonds is 4. The monoisotopic (exact) mass is 298 g/mol. The van der Waals surface area contributed by atoms with Gasteiger partial charge in [-0.1, -0.05) is 0 Å². The number of methoxy groups -OCH3 is 2. The Kier molecular flexibility index (Phi) is 3.48. The van der Waals surface area contributed by atoms with E-state index in [1.165, 1.54) is 10.8 Å². The van der Waals surface area contributed by atoms with Crippen molar-refractivity contribution in [1.29, 1.82) is 0 Å². The van der Waals surface area contributed by atoms with Gasteiger partial charge in [-0.15, -0.1) is 0 Å². The Morgan fingerprint density at radius 1 is 1.48 bits per heavy atom. The Morgan fingerprint density at radius 2 is 2.24 bits per heavy atom. The molecular weight excluding hydrogens is 280 g/mol. The Bertz CT molecular complexity index is 653. The molecule has 4 atom stereocenters. The summed E-state index contributed by atoms with van der Waals surface area (Å²) in [6, 6.07) is 0. The topological polar surface area (TPSA) is 91.8 Å². The van der Waals surface area contributed by atoms with Crippen molar-refractivity contribution in [3.8, 4) is 0 Å². The summed E-state index contributed by atoms with van der Waals surface area (Å²) in [7, 11) is 3.14. The molecule has 1 N–H and O–H groups in total. The molecule has 2 aliphatic heterocycles. The number of nitrogens with one attached hydrogen (secondary N) is 1. The molecule has 0 radical (unpaired) electrons. The van der Waals surface area contributed by atoms with Gasteiger partial charge in [0.05, 0.1) is 13.2 Å². The van der Waals surface area contributed by atoms with Gasteiger partial charge in [0, 0.05) is 26.0 Å². The third-order valence-electron chi connectivity index (χ3n) is 4.04. The van der Waals surface area contributed by atoms with E-state index in [2.05, 4.69) is 4.98 Å². The summed E-state index contributed by atoms with van der Waals surface area (Å²) in [5.41, 5.74) is -1.25. The second-order valence-corrected chi connectivity index (χ2v) is 5.42. The lowest BCUT2D eigenvalue weighted by Crippen LogP contribution is -2.46. The van der Waals surface area contributed by atoms with Crippen LogP contribution in [-0.4, -0.2) is 54.8 Å². The van der Waals surface area contributed by atoms with E-state index in [0.29, 0.717) is 18.8 Å². The SMILES string of the molecule is COC[C@@]12CO[C@@H]([C@H](n3cc(C)c(=O)[nH]c3=O)O1)[C@@H]2OC. The van der Waals surface area contributed by atoms with Crippen LogP contribution in [0.1, 0.15) is 11.8 Å². The molecule has 116 valence electrons. The molecule has 2 bridgehead atoms. The van der Waals surface area contributed by atoms with E-state index in [1.54, 1.807) is 21.1 Å². The van der Waals surface area contributed by atoms with Gasteiger partial charge in [0.2, 0.25) is 0 Å². The first kappa shape index (κ1) is 14.5. The van der Waals surface area contributed by atoms with Crippen LogP contribution >= 0.6 is 0 Å². The first-order chi connectivity index (χ1) is 10.0. The first-order valence-corrected chi connectivity index (χ1v) is 6.65. The van der Waals surface area contributed by atoms with E-state index < -0.39 is 29.2 Å². The van der Waals surface area contributed by atoms with E-state index in [9.17, 15) is 9.59 Å². The van der Waals surface area contributed by atoms with Crippen LogP contribution in [0.25, 0.3) is 0 Å². The fourth-order valence-corrected chi connectivity index (χ4v) is 3.09. The van der Waals surface area contributed by atoms with Gasteiger partial charge < -0.3 is 18.9 Å². The minimum Gasteiger partial charge on any atom is -0.381 e. The summed E-state index contributed by atoms with van der Waals surface area (Å²) in [6.07, 6.45) is 0.0694. The standard InChI is InChI=1S/C13H18N2O6/c1-7-4-15(12(17)14-10(7)16)11-8-9(19-3)13(21-11,5-18-2)6-20-8/h4,8-9,11H,5-6H2,1-3H3,(H,14,16,17)/t8-,9+,11-,13+/m1/s1. The van der Waals surface area contributed by atoms with Crippen LogP contribution in [0.4, 0.5) is 0 Å². The molecular formula is C13H18N2O6. The number of aromatic nitrogens is 2. The lowest BCUT2D eigenvalue weighted by Gasteiger charge is -2.30. The molecule has 2 saturated heterocycles. The third kappa shape index (κ3) is 2.06. The number of nitrogens with zero attached hydrogens (tertiary/aromatic N) is 1. The highest BCUT2D eigenvalue weighted by molar-refractivity contribution is 5.10. The van der Waals surface area contributed by atoms with Gasteiger partial charge in [0.1, 0.15) is 17.8 Å². The summed E-state index contributed by atoms with van der Waals surface area (Å²) in [5, 5.41) is 0. The summed E-state index contributed by atoms with van der Waals surface area (Å²) in [4.78, 5) is 25.7. The minimum atomic E-state index is -0.734. The quantitative estimate of drug-likeness (QED) is 0.780. The predicted molar refractivity (Wildman–Crippen MR) is 71.3 cm³/mol. The summed E-state index contributed by atoms with van der Waals surface area (Å²) in [6.45, 7) is 2.27. The van der Waals surface area contributed by atoms with E-state index in [4.69, 9.17) is 18.9 Å². The van der Waals surface area contributed by atoms with Crippen LogP contribution in [0.2, 0.25) is 0 Å². The Balaban J connectivity index is 2.01. The van der Waals surface area contributed by atoms with Crippen molar-refractivity contribution in [3.05, 3.63) is 32.6 Å². The van der Waals surface area contributed by atoms with Crippen molar-refractivity contribution >= 4 is 0 Å². The van der Waals surface area contributed by atoms with Crippen molar-refractivity contribution in [2.45, 2.75) is 31.0 Å². The van der Waals surface area contributed by atoms with Gasteiger partial charge in [0.15, 0.2) is 6.23 Å². The Hall–Kier alpha value is -1.48. The molecule has 0 aromatic carbocycles. The molecule has 3 heterocycles. The molecule has 0 saturated carbocycles. The zero-order chi connectivity index (χ0) is 15.2. The van der Waals surface area contributed by atoms with Gasteiger partial charge in [0.25, 0.3) is 5.56 Å². The van der Waals surface area contributed by atoms with Crippen molar-refractivity contribution in [1.82, 2.24) is 9.55 Å². The maximum absolute atomic E-state index is 12.0. The maximum Gasteiger partial charge on any atom is 0.330 e. The van der Waals surface area contributed by atoms with Crippen LogP contribution in [0.3, 0.4) is 0 Å². The normalized spacial score (nSPS) is 34.5. The third-order valence-corrected chi connectivity index (χ3v) is 4.04. The van der Waals surface area contributed by atoms with E-state index in [-0.39, 0.29) is 6.10 Å². The molecule has 1 aromatic rings. The van der Waals surface area contributed by atoms with Crippen molar-refractivity contribution in [2.24, 2.45) is 0 Å². The molecule has 3 rings (SSSR count). The molecule has 0 unspecified atom stereocenters. The maximum atomic E-state index is 12.0. The average molecular weight is 298 g/mol. The van der Waals surface area contributed by atoms with Gasteiger partial charge in [-0.05, 0) is 6.92 Å². The summed E-state index contributed by atoms with van der Waals surface area (Å²) in [5.74, 6) is 0. The summed E-state index contributed by atoms with van der Waals surface area (Å²) >= 11 is 0. The van der Waals surface area contributed by atoms with Crippen LogP contribution in [-0.2, 0) is 18.9 Å².